The molecule has 1 aliphatic heterocycles. The van der Waals surface area contributed by atoms with Gasteiger partial charge in [0.2, 0.25) is 0 Å². The highest BCUT2D eigenvalue weighted by molar-refractivity contribution is 7.11. The van der Waals surface area contributed by atoms with Crippen molar-refractivity contribution in [2.45, 2.75) is 25.5 Å². The van der Waals surface area contributed by atoms with E-state index in [-0.39, 0.29) is 11.6 Å². The number of rotatable bonds is 6. The molecule has 2 aliphatic rings. The highest BCUT2D eigenvalue weighted by Crippen LogP contribution is 2.53. The molecule has 5 heteroatoms. The lowest BCUT2D eigenvalue weighted by Gasteiger charge is -2.21. The summed E-state index contributed by atoms with van der Waals surface area (Å²) in [6.45, 7) is 5.40. The average molecular weight is 343 g/mol. The molecule has 0 N–H and O–H groups in total. The minimum absolute atomic E-state index is 0.171. The zero-order chi connectivity index (χ0) is 16.6. The van der Waals surface area contributed by atoms with E-state index < -0.39 is 0 Å². The smallest absolute Gasteiger partial charge is 0.348 e. The molecule has 1 saturated carbocycles. The molecule has 1 aliphatic carbocycles. The summed E-state index contributed by atoms with van der Waals surface area (Å²) in [6.07, 6.45) is 1.00. The van der Waals surface area contributed by atoms with Crippen LogP contribution in [0.15, 0.2) is 41.8 Å². The predicted molar refractivity (Wildman–Crippen MR) is 93.5 cm³/mol. The van der Waals surface area contributed by atoms with E-state index in [1.165, 1.54) is 16.9 Å². The van der Waals surface area contributed by atoms with Crippen LogP contribution in [0, 0.1) is 5.92 Å². The molecule has 2 fully saturated rings. The number of carbonyl (C=O) groups is 1. The van der Waals surface area contributed by atoms with Crippen molar-refractivity contribution in [2.75, 3.05) is 19.7 Å². The lowest BCUT2D eigenvalue weighted by Crippen LogP contribution is -2.30. The molecule has 24 heavy (non-hydrogen) atoms. The first-order valence-corrected chi connectivity index (χ1v) is 9.27. The van der Waals surface area contributed by atoms with E-state index in [2.05, 4.69) is 17.0 Å². The summed E-state index contributed by atoms with van der Waals surface area (Å²) >= 11 is 1.44. The molecule has 2 atom stereocenters. The minimum atomic E-state index is -0.244. The van der Waals surface area contributed by atoms with Gasteiger partial charge in [0, 0.05) is 25.6 Å². The summed E-state index contributed by atoms with van der Waals surface area (Å²) in [5.41, 5.74) is 1.02. The largest absolute Gasteiger partial charge is 0.494 e. The van der Waals surface area contributed by atoms with E-state index in [0.29, 0.717) is 17.4 Å². The highest BCUT2D eigenvalue weighted by atomic mass is 32.1. The number of ether oxygens (including phenoxy) is 2. The third-order valence-electron chi connectivity index (χ3n) is 4.80. The van der Waals surface area contributed by atoms with Gasteiger partial charge in [-0.25, -0.2) is 4.79 Å². The van der Waals surface area contributed by atoms with Gasteiger partial charge in [-0.05, 0) is 42.5 Å². The molecule has 0 radical (unpaired) electrons. The van der Waals surface area contributed by atoms with Crippen LogP contribution in [0.2, 0.25) is 0 Å². The van der Waals surface area contributed by atoms with E-state index in [1.807, 2.05) is 36.6 Å². The van der Waals surface area contributed by atoms with Crippen molar-refractivity contribution in [3.05, 3.63) is 52.2 Å². The predicted octanol–water partition coefficient (Wildman–Crippen LogP) is 3.58. The molecule has 1 aromatic carbocycles. The van der Waals surface area contributed by atoms with Crippen LogP contribution in [-0.4, -0.2) is 36.2 Å². The monoisotopic (exact) mass is 343 g/mol. The van der Waals surface area contributed by atoms with Crippen LogP contribution in [0.1, 0.15) is 28.6 Å². The third kappa shape index (κ3) is 3.06. The Morgan fingerprint density at radius 2 is 2.17 bits per heavy atom. The van der Waals surface area contributed by atoms with Crippen molar-refractivity contribution in [1.82, 2.24) is 4.90 Å². The topological polar surface area (TPSA) is 38.8 Å². The van der Waals surface area contributed by atoms with Crippen molar-refractivity contribution in [1.29, 1.82) is 0 Å². The van der Waals surface area contributed by atoms with Crippen molar-refractivity contribution < 1.29 is 14.3 Å². The second-order valence-corrected chi connectivity index (χ2v) is 7.53. The van der Waals surface area contributed by atoms with Crippen LogP contribution < -0.4 is 4.74 Å². The van der Waals surface area contributed by atoms with Gasteiger partial charge in [0.1, 0.15) is 16.2 Å². The molecule has 4 rings (SSSR count). The molecule has 4 nitrogen and oxygen atoms in total. The van der Waals surface area contributed by atoms with Gasteiger partial charge in [-0.15, -0.1) is 11.3 Å². The molecule has 2 aromatic rings. The SMILES string of the molecule is CCOc1ccc(CN2CC3CC3(OC(=O)c3cccs3)C2)cc1. The lowest BCUT2D eigenvalue weighted by molar-refractivity contribution is 0.0195. The second kappa shape index (κ2) is 6.22. The fraction of sp³-hybridized carbons (Fsp3) is 0.421. The second-order valence-electron chi connectivity index (χ2n) is 6.58. The fourth-order valence-electron chi connectivity index (χ4n) is 3.56. The molecular weight excluding hydrogens is 322 g/mol. The molecule has 0 bridgehead atoms. The average Bonchev–Trinajstić information content (AvgIpc) is 2.97. The van der Waals surface area contributed by atoms with Crippen molar-refractivity contribution >= 4 is 17.3 Å². The Morgan fingerprint density at radius 3 is 2.88 bits per heavy atom. The van der Waals surface area contributed by atoms with E-state index in [9.17, 15) is 4.79 Å². The maximum Gasteiger partial charge on any atom is 0.348 e. The number of thiophene rings is 1. The number of esters is 1. The molecular formula is C19H21NO3S. The van der Waals surface area contributed by atoms with E-state index in [1.54, 1.807) is 0 Å². The van der Waals surface area contributed by atoms with Crippen LogP contribution in [0.3, 0.4) is 0 Å². The Hall–Kier alpha value is -1.85. The minimum Gasteiger partial charge on any atom is -0.494 e. The van der Waals surface area contributed by atoms with Gasteiger partial charge in [-0.2, -0.15) is 0 Å². The normalized spacial score (nSPS) is 25.3. The van der Waals surface area contributed by atoms with Crippen LogP contribution in [-0.2, 0) is 11.3 Å². The first-order valence-electron chi connectivity index (χ1n) is 8.39. The summed E-state index contributed by atoms with van der Waals surface area (Å²) < 4.78 is 11.3. The Bertz CT molecular complexity index is 713. The number of piperidine rings is 1. The maximum atomic E-state index is 12.2. The van der Waals surface area contributed by atoms with Crippen LogP contribution >= 0.6 is 11.3 Å². The first-order chi connectivity index (χ1) is 11.7. The molecule has 126 valence electrons. The van der Waals surface area contributed by atoms with Gasteiger partial charge < -0.3 is 9.47 Å². The van der Waals surface area contributed by atoms with Crippen molar-refractivity contribution in [3.63, 3.8) is 0 Å². The Balaban J connectivity index is 1.34. The fourth-order valence-corrected chi connectivity index (χ4v) is 4.16. The molecule has 2 unspecified atom stereocenters. The van der Waals surface area contributed by atoms with Crippen LogP contribution in [0.4, 0.5) is 0 Å². The van der Waals surface area contributed by atoms with Crippen molar-refractivity contribution in [3.8, 4) is 5.75 Å². The quantitative estimate of drug-likeness (QED) is 0.752. The maximum absolute atomic E-state index is 12.2. The first kappa shape index (κ1) is 15.7. The number of likely N-dealkylation sites (tertiary alicyclic amines) is 1. The van der Waals surface area contributed by atoms with Gasteiger partial charge in [-0.3, -0.25) is 4.90 Å². The van der Waals surface area contributed by atoms with Gasteiger partial charge in [0.15, 0.2) is 0 Å². The van der Waals surface area contributed by atoms with Gasteiger partial charge in [0.25, 0.3) is 0 Å². The van der Waals surface area contributed by atoms with E-state index in [0.717, 1.165) is 31.8 Å². The number of fused-ring (bicyclic) bond motifs is 1. The van der Waals surface area contributed by atoms with Crippen LogP contribution in [0.25, 0.3) is 0 Å². The number of hydrogen-bond donors (Lipinski definition) is 0. The van der Waals surface area contributed by atoms with E-state index >= 15 is 0 Å². The molecule has 1 saturated heterocycles. The van der Waals surface area contributed by atoms with Gasteiger partial charge in [0.05, 0.1) is 6.61 Å². The molecule has 0 amide bonds. The Labute approximate surface area is 146 Å². The standard InChI is InChI=1S/C19H21NO3S/c1-2-22-16-7-5-14(6-8-16)11-20-12-15-10-19(15,13-20)23-18(21)17-4-3-9-24-17/h3-9,15H,2,10-13H2,1H3. The third-order valence-corrected chi connectivity index (χ3v) is 5.65. The Kier molecular flexibility index (Phi) is 4.06. The number of hydrogen-bond acceptors (Lipinski definition) is 5. The summed E-state index contributed by atoms with van der Waals surface area (Å²) in [5.74, 6) is 1.23. The molecule has 1 aromatic heterocycles. The van der Waals surface area contributed by atoms with Crippen LogP contribution in [0.5, 0.6) is 5.75 Å². The zero-order valence-corrected chi connectivity index (χ0v) is 14.6. The number of nitrogens with zero attached hydrogens (tertiary/aromatic N) is 1. The van der Waals surface area contributed by atoms with E-state index in [4.69, 9.17) is 9.47 Å². The summed E-state index contributed by atoms with van der Waals surface area (Å²) in [6, 6.07) is 12.0. The summed E-state index contributed by atoms with van der Waals surface area (Å²) in [4.78, 5) is 15.3. The van der Waals surface area contributed by atoms with Gasteiger partial charge in [-0.1, -0.05) is 18.2 Å². The summed E-state index contributed by atoms with van der Waals surface area (Å²) in [7, 11) is 0. The van der Waals surface area contributed by atoms with Gasteiger partial charge >= 0.3 is 5.97 Å². The van der Waals surface area contributed by atoms with Crippen molar-refractivity contribution in [2.24, 2.45) is 5.92 Å². The number of carbonyl (C=O) groups excluding carboxylic acids is 1. The lowest BCUT2D eigenvalue weighted by atomic mass is 10.2. The zero-order valence-electron chi connectivity index (χ0n) is 13.7. The number of benzene rings is 1. The highest BCUT2D eigenvalue weighted by Gasteiger charge is 2.63. The molecule has 2 heterocycles. The Morgan fingerprint density at radius 1 is 1.33 bits per heavy atom. The molecule has 0 spiro atoms. The summed E-state index contributed by atoms with van der Waals surface area (Å²) in [5, 5.41) is 1.91.